The molecule has 14 heavy (non-hydrogen) atoms. The zero-order valence-electron chi connectivity index (χ0n) is 10.2. The van der Waals surface area contributed by atoms with Crippen LogP contribution in [0.5, 0.6) is 0 Å². The van der Waals surface area contributed by atoms with Gasteiger partial charge in [0.25, 0.3) is 0 Å². The van der Waals surface area contributed by atoms with Crippen molar-refractivity contribution < 1.29 is 0 Å². The van der Waals surface area contributed by atoms with Crippen molar-refractivity contribution in [3.05, 3.63) is 12.2 Å². The van der Waals surface area contributed by atoms with Gasteiger partial charge >= 0.3 is 0 Å². The van der Waals surface area contributed by atoms with Gasteiger partial charge < -0.3 is 5.32 Å². The zero-order valence-corrected chi connectivity index (χ0v) is 10.2. The fourth-order valence-corrected chi connectivity index (χ4v) is 1.86. The Hall–Kier alpha value is -0.340. The minimum absolute atomic E-state index is 0.247. The summed E-state index contributed by atoms with van der Waals surface area (Å²) < 4.78 is 0. The van der Waals surface area contributed by atoms with Crippen molar-refractivity contribution in [2.45, 2.75) is 45.7 Å². The van der Waals surface area contributed by atoms with Crippen LogP contribution in [0.1, 0.15) is 34.6 Å². The summed E-state index contributed by atoms with van der Waals surface area (Å²) >= 11 is 0. The van der Waals surface area contributed by atoms with Crippen LogP contribution in [0, 0.1) is 0 Å². The summed E-state index contributed by atoms with van der Waals surface area (Å²) in [6.45, 7) is 14.5. The van der Waals surface area contributed by atoms with Crippen molar-refractivity contribution in [1.82, 2.24) is 10.2 Å². The van der Waals surface area contributed by atoms with Crippen LogP contribution in [-0.4, -0.2) is 35.6 Å². The van der Waals surface area contributed by atoms with Crippen LogP contribution in [0.3, 0.4) is 0 Å². The molecule has 0 saturated carbocycles. The van der Waals surface area contributed by atoms with Gasteiger partial charge in [0.1, 0.15) is 0 Å². The third-order valence-corrected chi connectivity index (χ3v) is 3.00. The van der Waals surface area contributed by atoms with Gasteiger partial charge in [0.2, 0.25) is 0 Å². The van der Waals surface area contributed by atoms with E-state index in [1.165, 1.54) is 0 Å². The van der Waals surface area contributed by atoms with Crippen molar-refractivity contribution in [1.29, 1.82) is 0 Å². The monoisotopic (exact) mass is 196 g/mol. The van der Waals surface area contributed by atoms with E-state index in [-0.39, 0.29) is 11.1 Å². The molecule has 0 aliphatic carbocycles. The van der Waals surface area contributed by atoms with Gasteiger partial charge in [-0.25, -0.2) is 0 Å². The minimum Gasteiger partial charge on any atom is -0.309 e. The van der Waals surface area contributed by atoms with E-state index in [9.17, 15) is 0 Å². The zero-order chi connectivity index (χ0) is 10.8. The smallest absolute Gasteiger partial charge is 0.0281 e. The summed E-state index contributed by atoms with van der Waals surface area (Å²) in [6.07, 6.45) is 4.37. The van der Waals surface area contributed by atoms with E-state index < -0.39 is 0 Å². The molecular formula is C12H24N2. The highest BCUT2D eigenvalue weighted by Gasteiger charge is 2.36. The molecule has 1 N–H and O–H groups in total. The van der Waals surface area contributed by atoms with E-state index in [2.05, 4.69) is 57.0 Å². The molecule has 1 rings (SSSR count). The van der Waals surface area contributed by atoms with Gasteiger partial charge in [0, 0.05) is 30.7 Å². The van der Waals surface area contributed by atoms with E-state index in [1.807, 2.05) is 0 Å². The Balaban J connectivity index is 2.66. The number of rotatable bonds is 2. The van der Waals surface area contributed by atoms with Crippen LogP contribution in [0.25, 0.3) is 0 Å². The second kappa shape index (κ2) is 4.03. The maximum absolute atomic E-state index is 3.59. The highest BCUT2D eigenvalue weighted by atomic mass is 15.3. The summed E-state index contributed by atoms with van der Waals surface area (Å²) in [5.41, 5.74) is 0.520. The molecule has 1 saturated heterocycles. The Bertz CT molecular complexity index is 216. The van der Waals surface area contributed by atoms with Gasteiger partial charge in [-0.05, 0) is 34.6 Å². The van der Waals surface area contributed by atoms with Crippen LogP contribution in [0.2, 0.25) is 0 Å². The first-order chi connectivity index (χ1) is 6.37. The van der Waals surface area contributed by atoms with Gasteiger partial charge in [-0.1, -0.05) is 12.2 Å². The number of hydrogen-bond acceptors (Lipinski definition) is 2. The number of nitrogens with zero attached hydrogens (tertiary/aromatic N) is 1. The van der Waals surface area contributed by atoms with E-state index in [1.54, 1.807) is 0 Å². The average molecular weight is 196 g/mol. The maximum atomic E-state index is 3.59. The predicted octanol–water partition coefficient (Wildman–Crippen LogP) is 2.02. The first-order valence-corrected chi connectivity index (χ1v) is 5.49. The molecule has 2 nitrogen and oxygen atoms in total. The fourth-order valence-electron chi connectivity index (χ4n) is 1.86. The maximum Gasteiger partial charge on any atom is 0.0281 e. The molecule has 0 unspecified atom stereocenters. The van der Waals surface area contributed by atoms with Crippen LogP contribution in [0.4, 0.5) is 0 Å². The van der Waals surface area contributed by atoms with Crippen molar-refractivity contribution in [3.63, 3.8) is 0 Å². The van der Waals surface area contributed by atoms with Crippen molar-refractivity contribution >= 4 is 0 Å². The lowest BCUT2D eigenvalue weighted by molar-refractivity contribution is 0.0501. The van der Waals surface area contributed by atoms with Gasteiger partial charge in [0.05, 0.1) is 0 Å². The molecular weight excluding hydrogens is 172 g/mol. The van der Waals surface area contributed by atoms with Crippen molar-refractivity contribution in [3.8, 4) is 0 Å². The number of piperazine rings is 1. The SMILES string of the molecule is C/C=C/CN1CC(C)(C)NCC1(C)C. The standard InChI is InChI=1S/C12H24N2/c1-6-7-8-14-10-11(2,3)13-9-12(14,4)5/h6-7,13H,8-10H2,1-5H3/b7-6+. The highest BCUT2D eigenvalue weighted by Crippen LogP contribution is 2.22. The Kier molecular flexibility index (Phi) is 3.38. The topological polar surface area (TPSA) is 15.3 Å². The summed E-state index contributed by atoms with van der Waals surface area (Å²) in [4.78, 5) is 2.55. The lowest BCUT2D eigenvalue weighted by Gasteiger charge is -2.49. The molecule has 1 heterocycles. The molecule has 0 bridgehead atoms. The van der Waals surface area contributed by atoms with Crippen LogP contribution < -0.4 is 5.32 Å². The molecule has 0 aromatic rings. The van der Waals surface area contributed by atoms with E-state index in [0.717, 1.165) is 19.6 Å². The van der Waals surface area contributed by atoms with E-state index >= 15 is 0 Å². The molecule has 0 aromatic heterocycles. The Morgan fingerprint density at radius 2 is 1.93 bits per heavy atom. The fraction of sp³-hybridized carbons (Fsp3) is 0.833. The molecule has 1 aliphatic rings. The van der Waals surface area contributed by atoms with Crippen LogP contribution in [-0.2, 0) is 0 Å². The first-order valence-electron chi connectivity index (χ1n) is 5.49. The minimum atomic E-state index is 0.247. The lowest BCUT2D eigenvalue weighted by atomic mass is 9.91. The Morgan fingerprint density at radius 3 is 2.50 bits per heavy atom. The van der Waals surface area contributed by atoms with E-state index in [0.29, 0.717) is 0 Å². The molecule has 1 aliphatic heterocycles. The third-order valence-electron chi connectivity index (χ3n) is 3.00. The molecule has 0 aromatic carbocycles. The number of allylic oxidation sites excluding steroid dienone is 1. The summed E-state index contributed by atoms with van der Waals surface area (Å²) in [5.74, 6) is 0. The normalized spacial score (nSPS) is 26.9. The predicted molar refractivity (Wildman–Crippen MR) is 62.5 cm³/mol. The molecule has 0 amide bonds. The highest BCUT2D eigenvalue weighted by molar-refractivity contribution is 4.99. The van der Waals surface area contributed by atoms with Crippen molar-refractivity contribution in [2.75, 3.05) is 19.6 Å². The van der Waals surface area contributed by atoms with Gasteiger partial charge in [-0.2, -0.15) is 0 Å². The Morgan fingerprint density at radius 1 is 1.29 bits per heavy atom. The van der Waals surface area contributed by atoms with Gasteiger partial charge in [-0.3, -0.25) is 4.90 Å². The molecule has 82 valence electrons. The second-order valence-corrected chi connectivity index (χ2v) is 5.50. The quantitative estimate of drug-likeness (QED) is 0.680. The average Bonchev–Trinajstić information content (AvgIpc) is 2.07. The van der Waals surface area contributed by atoms with Crippen molar-refractivity contribution in [2.24, 2.45) is 0 Å². The molecule has 0 atom stereocenters. The lowest BCUT2D eigenvalue weighted by Crippen LogP contribution is -2.65. The summed E-state index contributed by atoms with van der Waals surface area (Å²) in [5, 5.41) is 3.59. The molecule has 1 fully saturated rings. The number of nitrogens with one attached hydrogen (secondary N) is 1. The van der Waals surface area contributed by atoms with Crippen LogP contribution >= 0.6 is 0 Å². The Labute approximate surface area is 88.4 Å². The molecule has 2 heteroatoms. The molecule has 0 spiro atoms. The third kappa shape index (κ3) is 2.82. The van der Waals surface area contributed by atoms with E-state index in [4.69, 9.17) is 0 Å². The first kappa shape index (κ1) is 11.7. The summed E-state index contributed by atoms with van der Waals surface area (Å²) in [7, 11) is 0. The second-order valence-electron chi connectivity index (χ2n) is 5.50. The van der Waals surface area contributed by atoms with Gasteiger partial charge in [-0.15, -0.1) is 0 Å². The van der Waals surface area contributed by atoms with Gasteiger partial charge in [0.15, 0.2) is 0 Å². The largest absolute Gasteiger partial charge is 0.309 e. The molecule has 0 radical (unpaired) electrons. The van der Waals surface area contributed by atoms with Crippen LogP contribution in [0.15, 0.2) is 12.2 Å². The number of hydrogen-bond donors (Lipinski definition) is 1. The summed E-state index contributed by atoms with van der Waals surface area (Å²) in [6, 6.07) is 0.